The molecule has 0 heterocycles. The van der Waals surface area contributed by atoms with Gasteiger partial charge in [0.1, 0.15) is 0 Å². The second-order valence-corrected chi connectivity index (χ2v) is 3.84. The molecule has 0 aliphatic carbocycles. The molecule has 0 saturated carbocycles. The molecular weight excluding hydrogens is 397 g/mol. The number of hydrogen-bond acceptors (Lipinski definition) is 4. The molecule has 0 fully saturated rings. The van der Waals surface area contributed by atoms with Crippen molar-refractivity contribution in [2.75, 3.05) is 14.2 Å². The molecule has 21 heavy (non-hydrogen) atoms. The fourth-order valence-corrected chi connectivity index (χ4v) is 1.69. The van der Waals surface area contributed by atoms with Crippen molar-refractivity contribution in [1.29, 1.82) is 0 Å². The van der Waals surface area contributed by atoms with E-state index in [4.69, 9.17) is 18.5 Å². The van der Waals surface area contributed by atoms with Crippen LogP contribution in [-0.4, -0.2) is 14.2 Å². The van der Waals surface area contributed by atoms with Gasteiger partial charge in [-0.1, -0.05) is 0 Å². The zero-order valence-corrected chi connectivity index (χ0v) is 15.7. The summed E-state index contributed by atoms with van der Waals surface area (Å²) in [4.78, 5) is 0. The summed E-state index contributed by atoms with van der Waals surface area (Å²) in [6.07, 6.45) is 0. The van der Waals surface area contributed by atoms with Gasteiger partial charge in [0, 0.05) is 11.5 Å². The Balaban J connectivity index is 0.000000364. The van der Waals surface area contributed by atoms with Crippen LogP contribution in [0.2, 0.25) is 0 Å². The van der Waals surface area contributed by atoms with Gasteiger partial charge in [0.15, 0.2) is 0 Å². The Hall–Kier alpha value is -0.877. The quantitative estimate of drug-likeness (QED) is 0.438. The molecular formula is C14H17O4P2Rh. The molecule has 0 bridgehead atoms. The molecule has 2 atom stereocenters. The summed E-state index contributed by atoms with van der Waals surface area (Å²) >= 11 is 0. The van der Waals surface area contributed by atoms with Gasteiger partial charge in [-0.3, -0.25) is 0 Å². The van der Waals surface area contributed by atoms with Gasteiger partial charge in [-0.05, 0) is 0 Å². The second kappa shape index (κ2) is 11.7. The summed E-state index contributed by atoms with van der Waals surface area (Å²) in [6.45, 7) is 0. The molecule has 1 radical (unpaired) electrons. The van der Waals surface area contributed by atoms with E-state index in [0.29, 0.717) is 23.0 Å². The predicted molar refractivity (Wildman–Crippen MR) is 85.7 cm³/mol. The molecule has 0 saturated heterocycles. The molecule has 7 heteroatoms. The van der Waals surface area contributed by atoms with Gasteiger partial charge in [0.25, 0.3) is 0 Å². The Morgan fingerprint density at radius 1 is 0.810 bits per heavy atom. The van der Waals surface area contributed by atoms with Gasteiger partial charge in [-0.15, -0.1) is 24.3 Å². The van der Waals surface area contributed by atoms with Gasteiger partial charge in [-0.25, -0.2) is 0 Å². The van der Waals surface area contributed by atoms with Crippen LogP contribution in [0.4, 0.5) is 0 Å². The normalized spacial score (nSPS) is 8.57. The molecule has 2 aromatic rings. The van der Waals surface area contributed by atoms with Gasteiger partial charge in [-0.2, -0.15) is 24.3 Å². The number of ether oxygens (including phenoxy) is 2. The van der Waals surface area contributed by atoms with Crippen molar-refractivity contribution in [2.45, 2.75) is 0 Å². The van der Waals surface area contributed by atoms with E-state index >= 15 is 0 Å². The van der Waals surface area contributed by atoms with Crippen molar-refractivity contribution in [2.24, 2.45) is 0 Å². The third-order valence-corrected chi connectivity index (χ3v) is 2.71. The third-order valence-electron chi connectivity index (χ3n) is 2.24. The minimum atomic E-state index is 0. The Morgan fingerprint density at radius 2 is 1.19 bits per heavy atom. The van der Waals surface area contributed by atoms with Crippen molar-refractivity contribution < 1.29 is 38.0 Å². The summed E-state index contributed by atoms with van der Waals surface area (Å²) in [5, 5.41) is 0. The van der Waals surface area contributed by atoms with Crippen LogP contribution >= 0.6 is 18.9 Å². The SMILES string of the molecule is COc1ccc[c-]c1OP.COc1ccc[c-]c1OP.[RhH+2]. The predicted octanol–water partition coefficient (Wildman–Crippen LogP) is 3.06. The van der Waals surface area contributed by atoms with E-state index in [-0.39, 0.29) is 19.5 Å². The topological polar surface area (TPSA) is 36.9 Å². The molecule has 116 valence electrons. The van der Waals surface area contributed by atoms with Crippen molar-refractivity contribution >= 4 is 18.9 Å². The zero-order valence-electron chi connectivity index (χ0n) is 11.6. The van der Waals surface area contributed by atoms with Crippen molar-refractivity contribution in [3.63, 3.8) is 0 Å². The number of hydrogen-bond donors (Lipinski definition) is 0. The van der Waals surface area contributed by atoms with Crippen LogP contribution in [0, 0.1) is 12.1 Å². The minimum absolute atomic E-state index is 0. The van der Waals surface area contributed by atoms with E-state index in [0.717, 1.165) is 0 Å². The average Bonchev–Trinajstić information content (AvgIpc) is 2.55. The summed E-state index contributed by atoms with van der Waals surface area (Å²) in [5.74, 6) is 2.60. The van der Waals surface area contributed by atoms with E-state index in [1.807, 2.05) is 24.3 Å². The molecule has 0 aliphatic rings. The Bertz CT molecular complexity index is 432. The first kappa shape index (κ1) is 20.1. The number of benzene rings is 2. The molecule has 0 aromatic heterocycles. The number of methoxy groups -OCH3 is 2. The second-order valence-electron chi connectivity index (χ2n) is 3.37. The van der Waals surface area contributed by atoms with Crippen LogP contribution in [0.5, 0.6) is 23.0 Å². The van der Waals surface area contributed by atoms with Crippen LogP contribution in [0.3, 0.4) is 0 Å². The van der Waals surface area contributed by atoms with E-state index in [1.54, 1.807) is 26.4 Å². The number of rotatable bonds is 4. The molecule has 0 spiro atoms. The maximum absolute atomic E-state index is 4.97. The first-order valence-corrected chi connectivity index (χ1v) is 6.54. The standard InChI is InChI=1S/2C7H8O2P.Rh.H/c2*1-8-6-4-2-3-5-7(6)9-10;;/h2*2-4H,10H2,1H3;;/q2*-1;+2;. The van der Waals surface area contributed by atoms with Crippen molar-refractivity contribution in [1.82, 2.24) is 0 Å². The molecule has 0 amide bonds. The molecule has 2 aromatic carbocycles. The van der Waals surface area contributed by atoms with Gasteiger partial charge in [0.05, 0.1) is 44.7 Å². The average molecular weight is 414 g/mol. The first-order chi connectivity index (χ1) is 9.76. The van der Waals surface area contributed by atoms with Crippen LogP contribution in [0.25, 0.3) is 0 Å². The van der Waals surface area contributed by atoms with Crippen LogP contribution in [0.15, 0.2) is 36.4 Å². The maximum atomic E-state index is 4.97. The van der Waals surface area contributed by atoms with Gasteiger partial charge >= 0.3 is 19.5 Å². The van der Waals surface area contributed by atoms with Gasteiger partial charge in [0.2, 0.25) is 0 Å². The molecule has 0 N–H and O–H groups in total. The van der Waals surface area contributed by atoms with Crippen molar-refractivity contribution in [3.8, 4) is 23.0 Å². The summed E-state index contributed by atoms with van der Waals surface area (Å²) in [6, 6.07) is 16.6. The monoisotopic (exact) mass is 414 g/mol. The van der Waals surface area contributed by atoms with Crippen molar-refractivity contribution in [3.05, 3.63) is 48.5 Å². The summed E-state index contributed by atoms with van der Waals surface area (Å²) in [5.41, 5.74) is 0. The Kier molecular flexibility index (Phi) is 11.3. The van der Waals surface area contributed by atoms with Crippen LogP contribution in [-0.2, 0) is 19.5 Å². The van der Waals surface area contributed by atoms with Crippen LogP contribution in [0.1, 0.15) is 0 Å². The number of para-hydroxylation sites is 2. The molecule has 2 unspecified atom stereocenters. The Morgan fingerprint density at radius 3 is 1.43 bits per heavy atom. The summed E-state index contributed by atoms with van der Waals surface area (Å²) in [7, 11) is 7.48. The van der Waals surface area contributed by atoms with E-state index in [9.17, 15) is 0 Å². The summed E-state index contributed by atoms with van der Waals surface area (Å²) < 4.78 is 19.7. The van der Waals surface area contributed by atoms with Gasteiger partial charge < -0.3 is 18.5 Å². The third kappa shape index (κ3) is 6.61. The fraction of sp³-hybridized carbons (Fsp3) is 0.143. The molecule has 0 aliphatic heterocycles. The van der Waals surface area contributed by atoms with E-state index < -0.39 is 0 Å². The van der Waals surface area contributed by atoms with Crippen LogP contribution < -0.4 is 18.5 Å². The fourth-order valence-electron chi connectivity index (χ4n) is 1.32. The first-order valence-electron chi connectivity index (χ1n) is 5.59. The molecule has 2 rings (SSSR count). The Labute approximate surface area is 142 Å². The van der Waals surface area contributed by atoms with E-state index in [1.165, 1.54) is 0 Å². The van der Waals surface area contributed by atoms with E-state index in [2.05, 4.69) is 31.1 Å². The zero-order chi connectivity index (χ0) is 14.8. The molecule has 4 nitrogen and oxygen atoms in total.